The van der Waals surface area contributed by atoms with Crippen molar-refractivity contribution in [1.82, 2.24) is 0 Å². The second-order valence-electron chi connectivity index (χ2n) is 3.77. The van der Waals surface area contributed by atoms with Crippen LogP contribution in [-0.2, 0) is 22.4 Å². The molecule has 0 N–H and O–H groups in total. The number of hydrogen-bond acceptors (Lipinski definition) is 4. The zero-order valence-corrected chi connectivity index (χ0v) is 10.5. The lowest BCUT2D eigenvalue weighted by Gasteiger charge is -2.10. The zero-order chi connectivity index (χ0) is 13.5. The molecule has 0 radical (unpaired) electrons. The van der Waals surface area contributed by atoms with E-state index < -0.39 is 0 Å². The first-order valence-electron chi connectivity index (χ1n) is 5.82. The number of hydrogen-bond donors (Lipinski definition) is 0. The van der Waals surface area contributed by atoms with E-state index in [2.05, 4.69) is 0 Å². The molecule has 0 saturated carbocycles. The van der Waals surface area contributed by atoms with E-state index in [-0.39, 0.29) is 12.4 Å². The maximum atomic E-state index is 11.5. The van der Waals surface area contributed by atoms with E-state index >= 15 is 0 Å². The predicted molar refractivity (Wildman–Crippen MR) is 66.3 cm³/mol. The molecule has 0 aliphatic rings. The van der Waals surface area contributed by atoms with Crippen LogP contribution in [0.5, 0.6) is 0 Å². The van der Waals surface area contributed by atoms with Crippen molar-refractivity contribution >= 4 is 12.3 Å². The highest BCUT2D eigenvalue weighted by Gasteiger charge is 2.13. The predicted octanol–water partition coefficient (Wildman–Crippen LogP) is 2.04. The SMILES string of the molecule is CCOC(=O)Cc1cc(C#N)cc(C=O)c1CC. The van der Waals surface area contributed by atoms with Crippen LogP contribution in [0.1, 0.15) is 40.9 Å². The number of ether oxygens (including phenoxy) is 1. The molecule has 94 valence electrons. The number of nitriles is 1. The van der Waals surface area contributed by atoms with Gasteiger partial charge in [-0.1, -0.05) is 6.92 Å². The van der Waals surface area contributed by atoms with Crippen molar-refractivity contribution < 1.29 is 14.3 Å². The first-order chi connectivity index (χ1) is 8.65. The highest BCUT2D eigenvalue weighted by Crippen LogP contribution is 2.18. The summed E-state index contributed by atoms with van der Waals surface area (Å²) in [5.74, 6) is -0.348. The fourth-order valence-electron chi connectivity index (χ4n) is 1.88. The van der Waals surface area contributed by atoms with Crippen LogP contribution in [0.4, 0.5) is 0 Å². The molecule has 0 aliphatic carbocycles. The van der Waals surface area contributed by atoms with Crippen molar-refractivity contribution in [3.8, 4) is 6.07 Å². The van der Waals surface area contributed by atoms with Crippen LogP contribution in [0.2, 0.25) is 0 Å². The second-order valence-corrected chi connectivity index (χ2v) is 3.77. The summed E-state index contributed by atoms with van der Waals surface area (Å²) in [6.07, 6.45) is 1.44. The summed E-state index contributed by atoms with van der Waals surface area (Å²) in [4.78, 5) is 22.5. The van der Waals surface area contributed by atoms with Gasteiger partial charge in [-0.2, -0.15) is 5.26 Å². The third-order valence-electron chi connectivity index (χ3n) is 2.63. The minimum absolute atomic E-state index is 0.0906. The lowest BCUT2D eigenvalue weighted by Crippen LogP contribution is -2.10. The van der Waals surface area contributed by atoms with E-state index in [4.69, 9.17) is 10.00 Å². The van der Waals surface area contributed by atoms with Gasteiger partial charge in [0.2, 0.25) is 0 Å². The molecule has 4 nitrogen and oxygen atoms in total. The number of carbonyl (C=O) groups is 2. The third-order valence-corrected chi connectivity index (χ3v) is 2.63. The normalized spacial score (nSPS) is 9.61. The van der Waals surface area contributed by atoms with Crippen molar-refractivity contribution in [2.24, 2.45) is 0 Å². The number of aldehydes is 1. The van der Waals surface area contributed by atoms with Crippen molar-refractivity contribution in [2.45, 2.75) is 26.7 Å². The molecular weight excluding hydrogens is 230 g/mol. The topological polar surface area (TPSA) is 67.2 Å². The van der Waals surface area contributed by atoms with E-state index in [1.807, 2.05) is 13.0 Å². The average molecular weight is 245 g/mol. The van der Waals surface area contributed by atoms with Gasteiger partial charge in [0, 0.05) is 5.56 Å². The van der Waals surface area contributed by atoms with Crippen LogP contribution < -0.4 is 0 Å². The number of carbonyl (C=O) groups excluding carboxylic acids is 2. The van der Waals surface area contributed by atoms with Gasteiger partial charge in [0.15, 0.2) is 0 Å². The van der Waals surface area contributed by atoms with Gasteiger partial charge in [-0.15, -0.1) is 0 Å². The fraction of sp³-hybridized carbons (Fsp3) is 0.357. The van der Waals surface area contributed by atoms with Crippen LogP contribution in [-0.4, -0.2) is 18.9 Å². The highest BCUT2D eigenvalue weighted by atomic mass is 16.5. The number of benzene rings is 1. The maximum absolute atomic E-state index is 11.5. The summed E-state index contributed by atoms with van der Waals surface area (Å²) >= 11 is 0. The summed E-state index contributed by atoms with van der Waals surface area (Å²) in [6, 6.07) is 5.17. The number of nitrogens with zero attached hydrogens (tertiary/aromatic N) is 1. The van der Waals surface area contributed by atoms with E-state index in [9.17, 15) is 9.59 Å². The minimum atomic E-state index is -0.348. The summed E-state index contributed by atoms with van der Waals surface area (Å²) in [7, 11) is 0. The van der Waals surface area contributed by atoms with Crippen molar-refractivity contribution in [3.05, 3.63) is 34.4 Å². The molecule has 0 aliphatic heterocycles. The molecule has 0 aromatic heterocycles. The molecule has 18 heavy (non-hydrogen) atoms. The van der Waals surface area contributed by atoms with Crippen molar-refractivity contribution in [2.75, 3.05) is 6.61 Å². The molecule has 1 rings (SSSR count). The third kappa shape index (κ3) is 3.17. The standard InChI is InChI=1S/C14H15NO3/c1-3-13-11(7-14(17)18-4-2)5-10(8-15)6-12(13)9-16/h5-6,9H,3-4,7H2,1-2H3. The van der Waals surface area contributed by atoms with Gasteiger partial charge in [0.25, 0.3) is 0 Å². The Balaban J connectivity index is 3.19. The van der Waals surface area contributed by atoms with Gasteiger partial charge in [-0.05, 0) is 36.6 Å². The Bertz CT molecular complexity index is 500. The monoisotopic (exact) mass is 245 g/mol. The Morgan fingerprint density at radius 2 is 2.17 bits per heavy atom. The van der Waals surface area contributed by atoms with Gasteiger partial charge >= 0.3 is 5.97 Å². The smallest absolute Gasteiger partial charge is 0.310 e. The molecule has 0 heterocycles. The largest absolute Gasteiger partial charge is 0.466 e. The molecule has 0 unspecified atom stereocenters. The molecule has 0 bridgehead atoms. The van der Waals surface area contributed by atoms with Crippen LogP contribution in [0.15, 0.2) is 12.1 Å². The van der Waals surface area contributed by atoms with Gasteiger partial charge in [0.1, 0.15) is 6.29 Å². The first-order valence-corrected chi connectivity index (χ1v) is 5.82. The van der Waals surface area contributed by atoms with E-state index in [0.717, 1.165) is 5.56 Å². The Hall–Kier alpha value is -2.15. The molecule has 1 aromatic carbocycles. The summed E-state index contributed by atoms with van der Waals surface area (Å²) in [5, 5.41) is 8.90. The average Bonchev–Trinajstić information content (AvgIpc) is 2.37. The Morgan fingerprint density at radius 3 is 2.67 bits per heavy atom. The van der Waals surface area contributed by atoms with Gasteiger partial charge in [-0.25, -0.2) is 0 Å². The molecule has 1 aromatic rings. The lowest BCUT2D eigenvalue weighted by atomic mass is 9.95. The highest BCUT2D eigenvalue weighted by molar-refractivity contribution is 5.81. The molecule has 4 heteroatoms. The van der Waals surface area contributed by atoms with Gasteiger partial charge < -0.3 is 4.74 Å². The summed E-state index contributed by atoms with van der Waals surface area (Å²) < 4.78 is 4.88. The maximum Gasteiger partial charge on any atom is 0.310 e. The second kappa shape index (κ2) is 6.55. The van der Waals surface area contributed by atoms with Gasteiger partial charge in [-0.3, -0.25) is 9.59 Å². The molecule has 0 atom stereocenters. The number of esters is 1. The molecule has 0 saturated heterocycles. The fourth-order valence-corrected chi connectivity index (χ4v) is 1.88. The summed E-state index contributed by atoms with van der Waals surface area (Å²) in [6.45, 7) is 3.96. The van der Waals surface area contributed by atoms with Crippen molar-refractivity contribution in [3.63, 3.8) is 0 Å². The number of rotatable bonds is 5. The first kappa shape index (κ1) is 13.9. The van der Waals surface area contributed by atoms with Crippen molar-refractivity contribution in [1.29, 1.82) is 5.26 Å². The van der Waals surface area contributed by atoms with E-state index in [1.165, 1.54) is 0 Å². The lowest BCUT2D eigenvalue weighted by molar-refractivity contribution is -0.142. The van der Waals surface area contributed by atoms with Crippen LogP contribution in [0, 0.1) is 11.3 Å². The zero-order valence-electron chi connectivity index (χ0n) is 10.5. The van der Waals surface area contributed by atoms with E-state index in [1.54, 1.807) is 19.1 Å². The minimum Gasteiger partial charge on any atom is -0.466 e. The molecular formula is C14H15NO3. The Kier molecular flexibility index (Phi) is 5.06. The van der Waals surface area contributed by atoms with E-state index in [0.29, 0.717) is 36.0 Å². The Labute approximate surface area is 106 Å². The van der Waals surface area contributed by atoms with Crippen LogP contribution in [0.3, 0.4) is 0 Å². The molecule has 0 amide bonds. The molecule has 0 fully saturated rings. The van der Waals surface area contributed by atoms with Crippen LogP contribution in [0.25, 0.3) is 0 Å². The van der Waals surface area contributed by atoms with Crippen LogP contribution >= 0.6 is 0 Å². The summed E-state index contributed by atoms with van der Waals surface area (Å²) in [5.41, 5.74) is 2.35. The quantitative estimate of drug-likeness (QED) is 0.588. The van der Waals surface area contributed by atoms with Gasteiger partial charge in [0.05, 0.1) is 24.7 Å². The Morgan fingerprint density at radius 1 is 1.44 bits per heavy atom. The molecule has 0 spiro atoms.